The second-order valence-electron chi connectivity index (χ2n) is 7.69. The van der Waals surface area contributed by atoms with Crippen LogP contribution in [-0.2, 0) is 5.75 Å². The highest BCUT2D eigenvalue weighted by Gasteiger charge is 2.37. The number of rotatable bonds is 8. The quantitative estimate of drug-likeness (QED) is 0.461. The SMILES string of the molecule is CCC(CC[s+]1cccc1)c1cc(O)c(C(c2ccccc2)C2CC2)c(=O)o1. The van der Waals surface area contributed by atoms with Gasteiger partial charge in [-0.2, -0.15) is 0 Å². The minimum Gasteiger partial charge on any atom is -0.507 e. The molecule has 2 aromatic heterocycles. The van der Waals surface area contributed by atoms with E-state index in [1.165, 1.54) is 0 Å². The van der Waals surface area contributed by atoms with Gasteiger partial charge in [-0.05, 0) is 53.3 Å². The Bertz CT molecular complexity index is 955. The molecule has 2 heterocycles. The second-order valence-corrected chi connectivity index (χ2v) is 9.58. The molecule has 1 aliphatic carbocycles. The van der Waals surface area contributed by atoms with Crippen molar-refractivity contribution in [2.75, 3.05) is 0 Å². The van der Waals surface area contributed by atoms with Crippen LogP contribution < -0.4 is 5.63 Å². The summed E-state index contributed by atoms with van der Waals surface area (Å²) < 4.78 is 5.79. The Morgan fingerprint density at radius 3 is 2.46 bits per heavy atom. The van der Waals surface area contributed by atoms with Crippen molar-refractivity contribution in [3.63, 3.8) is 0 Å². The Labute approximate surface area is 168 Å². The summed E-state index contributed by atoms with van der Waals surface area (Å²) in [6, 6.07) is 15.9. The summed E-state index contributed by atoms with van der Waals surface area (Å²) in [4.78, 5) is 12.9. The topological polar surface area (TPSA) is 50.4 Å². The normalized spacial score (nSPS) is 16.0. The van der Waals surface area contributed by atoms with E-state index in [1.54, 1.807) is 6.07 Å². The van der Waals surface area contributed by atoms with E-state index in [1.807, 2.05) is 30.3 Å². The minimum absolute atomic E-state index is 0.0816. The van der Waals surface area contributed by atoms with E-state index in [-0.39, 0.29) is 33.7 Å². The smallest absolute Gasteiger partial charge is 0.343 e. The predicted octanol–water partition coefficient (Wildman–Crippen LogP) is 6.22. The van der Waals surface area contributed by atoms with E-state index in [0.717, 1.165) is 37.0 Å². The monoisotopic (exact) mass is 395 g/mol. The van der Waals surface area contributed by atoms with Crippen LogP contribution in [0.3, 0.4) is 0 Å². The van der Waals surface area contributed by atoms with E-state index in [0.29, 0.717) is 17.2 Å². The molecule has 0 aliphatic heterocycles. The van der Waals surface area contributed by atoms with E-state index >= 15 is 0 Å². The van der Waals surface area contributed by atoms with Gasteiger partial charge in [0.05, 0.1) is 5.56 Å². The molecular formula is C24H27O3S+. The lowest BCUT2D eigenvalue weighted by Gasteiger charge is -2.19. The van der Waals surface area contributed by atoms with Gasteiger partial charge in [-0.3, -0.25) is 0 Å². The van der Waals surface area contributed by atoms with Crippen LogP contribution in [0.5, 0.6) is 5.75 Å². The van der Waals surface area contributed by atoms with Crippen LogP contribution in [0.2, 0.25) is 0 Å². The van der Waals surface area contributed by atoms with Crippen LogP contribution in [-0.4, -0.2) is 5.11 Å². The summed E-state index contributed by atoms with van der Waals surface area (Å²) in [6.45, 7) is 2.11. The largest absolute Gasteiger partial charge is 0.507 e. The zero-order valence-corrected chi connectivity index (χ0v) is 17.0. The van der Waals surface area contributed by atoms with E-state index in [2.05, 4.69) is 29.8 Å². The molecular weight excluding hydrogens is 368 g/mol. The summed E-state index contributed by atoms with van der Waals surface area (Å²) >= 11 is 0. The first-order valence-electron chi connectivity index (χ1n) is 10.1. The van der Waals surface area contributed by atoms with Gasteiger partial charge in [0, 0.05) is 24.3 Å². The Balaban J connectivity index is 1.63. The third kappa shape index (κ3) is 4.07. The van der Waals surface area contributed by atoms with Gasteiger partial charge < -0.3 is 9.52 Å². The number of hydrogen-bond acceptors (Lipinski definition) is 3. The van der Waals surface area contributed by atoms with Crippen LogP contribution in [0, 0.1) is 5.92 Å². The average molecular weight is 396 g/mol. The number of thiophene rings is 1. The van der Waals surface area contributed by atoms with Gasteiger partial charge in [0.25, 0.3) is 0 Å². The summed E-state index contributed by atoms with van der Waals surface area (Å²) in [5, 5.41) is 15.3. The summed E-state index contributed by atoms with van der Waals surface area (Å²) in [6.07, 6.45) is 4.00. The lowest BCUT2D eigenvalue weighted by atomic mass is 9.87. The van der Waals surface area contributed by atoms with Gasteiger partial charge in [-0.25, -0.2) is 4.79 Å². The molecule has 2 unspecified atom stereocenters. The Hall–Kier alpha value is -2.33. The minimum atomic E-state index is -0.377. The van der Waals surface area contributed by atoms with Crippen LogP contribution in [0.4, 0.5) is 0 Å². The Morgan fingerprint density at radius 1 is 1.14 bits per heavy atom. The lowest BCUT2D eigenvalue weighted by molar-refractivity contribution is 0.376. The van der Waals surface area contributed by atoms with Crippen molar-refractivity contribution in [1.29, 1.82) is 0 Å². The molecule has 0 saturated heterocycles. The van der Waals surface area contributed by atoms with Crippen LogP contribution in [0.1, 0.15) is 61.3 Å². The molecule has 4 rings (SSSR count). The predicted molar refractivity (Wildman–Crippen MR) is 114 cm³/mol. The highest BCUT2D eigenvalue weighted by Crippen LogP contribution is 2.47. The van der Waals surface area contributed by atoms with E-state index < -0.39 is 0 Å². The van der Waals surface area contributed by atoms with Gasteiger partial charge in [0.1, 0.15) is 28.0 Å². The maximum Gasteiger partial charge on any atom is 0.343 e. The van der Waals surface area contributed by atoms with Crippen molar-refractivity contribution >= 4 is 10.5 Å². The van der Waals surface area contributed by atoms with Crippen LogP contribution in [0.25, 0.3) is 0 Å². The summed E-state index contributed by atoms with van der Waals surface area (Å²) in [5.41, 5.74) is 1.13. The van der Waals surface area contributed by atoms with Crippen molar-refractivity contribution in [3.05, 3.63) is 86.6 Å². The van der Waals surface area contributed by atoms with E-state index in [4.69, 9.17) is 4.42 Å². The maximum absolute atomic E-state index is 12.9. The van der Waals surface area contributed by atoms with Crippen molar-refractivity contribution in [2.24, 2.45) is 5.92 Å². The van der Waals surface area contributed by atoms with Gasteiger partial charge in [0.15, 0.2) is 0 Å². The fourth-order valence-corrected chi connectivity index (χ4v) is 5.57. The fraction of sp³-hybridized carbons (Fsp3) is 0.375. The molecule has 1 saturated carbocycles. The highest BCUT2D eigenvalue weighted by molar-refractivity contribution is 7.27. The number of aryl methyl sites for hydroxylation is 1. The zero-order valence-electron chi connectivity index (χ0n) is 16.2. The Morgan fingerprint density at radius 2 is 1.86 bits per heavy atom. The standard InChI is InChI=1S/C24H26O3S/c1-2-17(12-15-28-13-6-7-14-28)21-16-20(25)23(24(26)27-21)22(19-10-11-19)18-8-4-3-5-9-18/h3-9,13-14,16-17,19,22H,2,10-12,15H2,1H3/p+1. The molecule has 2 atom stereocenters. The molecule has 0 bridgehead atoms. The van der Waals surface area contributed by atoms with Crippen molar-refractivity contribution in [2.45, 2.75) is 50.2 Å². The maximum atomic E-state index is 12.9. The molecule has 1 N–H and O–H groups in total. The zero-order chi connectivity index (χ0) is 19.5. The molecule has 3 nitrogen and oxygen atoms in total. The molecule has 1 aliphatic rings. The molecule has 0 spiro atoms. The van der Waals surface area contributed by atoms with Crippen molar-refractivity contribution in [3.8, 4) is 5.75 Å². The first-order valence-corrected chi connectivity index (χ1v) is 11.6. The summed E-state index contributed by atoms with van der Waals surface area (Å²) in [5.74, 6) is 2.24. The van der Waals surface area contributed by atoms with Crippen LogP contribution in [0.15, 0.2) is 68.5 Å². The average Bonchev–Trinajstić information content (AvgIpc) is 3.40. The van der Waals surface area contributed by atoms with Gasteiger partial charge in [0.2, 0.25) is 0 Å². The number of benzene rings is 1. The van der Waals surface area contributed by atoms with E-state index in [9.17, 15) is 9.90 Å². The third-order valence-corrected chi connectivity index (χ3v) is 7.48. The number of aromatic hydroxyl groups is 1. The highest BCUT2D eigenvalue weighted by atomic mass is 32.2. The third-order valence-electron chi connectivity index (χ3n) is 5.76. The first kappa shape index (κ1) is 19.0. The van der Waals surface area contributed by atoms with Crippen molar-refractivity contribution in [1.82, 2.24) is 0 Å². The molecule has 0 radical (unpaired) electrons. The Kier molecular flexibility index (Phi) is 5.67. The molecule has 3 aromatic rings. The van der Waals surface area contributed by atoms with Gasteiger partial charge in [-0.15, -0.1) is 0 Å². The second kappa shape index (κ2) is 8.36. The lowest BCUT2D eigenvalue weighted by Crippen LogP contribution is -2.17. The van der Waals surface area contributed by atoms with Gasteiger partial charge >= 0.3 is 5.63 Å². The molecule has 0 amide bonds. The van der Waals surface area contributed by atoms with Crippen LogP contribution >= 0.6 is 10.5 Å². The molecule has 1 aromatic carbocycles. The molecule has 28 heavy (non-hydrogen) atoms. The van der Waals surface area contributed by atoms with Gasteiger partial charge in [-0.1, -0.05) is 37.3 Å². The summed E-state index contributed by atoms with van der Waals surface area (Å²) in [7, 11) is 0.188. The number of hydrogen-bond donors (Lipinski definition) is 1. The first-order chi connectivity index (χ1) is 13.7. The molecule has 1 fully saturated rings. The fourth-order valence-electron chi connectivity index (χ4n) is 4.06. The molecule has 146 valence electrons. The van der Waals surface area contributed by atoms with Crippen molar-refractivity contribution < 1.29 is 9.52 Å². The molecule has 4 heteroatoms.